The standard InChI is InChI=1S/C19H20N2OS2/c1-19(2,3)23-12-17(22)20-14-10-8-13(9-11-14)18-21-15-6-4-5-7-16(15)24-18/h4-11H,12H2,1-3H3,(H,20,22). The van der Waals surface area contributed by atoms with Crippen LogP contribution in [-0.4, -0.2) is 21.4 Å². The number of carbonyl (C=O) groups excluding carboxylic acids is 1. The summed E-state index contributed by atoms with van der Waals surface area (Å²) in [6.07, 6.45) is 0. The molecule has 0 radical (unpaired) electrons. The third-order valence-corrected chi connectivity index (χ3v) is 5.70. The number of thioether (sulfide) groups is 1. The van der Waals surface area contributed by atoms with Gasteiger partial charge < -0.3 is 5.32 Å². The molecule has 1 N–H and O–H groups in total. The van der Waals surface area contributed by atoms with E-state index in [-0.39, 0.29) is 10.7 Å². The highest BCUT2D eigenvalue weighted by Crippen LogP contribution is 2.30. The number of hydrogen-bond donors (Lipinski definition) is 1. The van der Waals surface area contributed by atoms with Crippen molar-refractivity contribution in [2.45, 2.75) is 25.5 Å². The first-order chi connectivity index (χ1) is 11.4. The second kappa shape index (κ2) is 6.95. The Morgan fingerprint density at radius 3 is 2.50 bits per heavy atom. The first-order valence-electron chi connectivity index (χ1n) is 7.80. The number of thiazole rings is 1. The van der Waals surface area contributed by atoms with Gasteiger partial charge in [0, 0.05) is 16.0 Å². The summed E-state index contributed by atoms with van der Waals surface area (Å²) in [7, 11) is 0. The highest BCUT2D eigenvalue weighted by Gasteiger charge is 2.13. The molecule has 1 heterocycles. The van der Waals surface area contributed by atoms with Crippen LogP contribution in [0.5, 0.6) is 0 Å². The van der Waals surface area contributed by atoms with E-state index in [0.29, 0.717) is 5.75 Å². The van der Waals surface area contributed by atoms with Crippen LogP contribution in [0.3, 0.4) is 0 Å². The number of rotatable bonds is 4. The van der Waals surface area contributed by atoms with Gasteiger partial charge in [0.1, 0.15) is 5.01 Å². The van der Waals surface area contributed by atoms with Gasteiger partial charge in [0.05, 0.1) is 16.0 Å². The number of carbonyl (C=O) groups is 1. The molecule has 0 aliphatic rings. The van der Waals surface area contributed by atoms with Crippen LogP contribution in [0.4, 0.5) is 5.69 Å². The molecule has 124 valence electrons. The van der Waals surface area contributed by atoms with Crippen molar-refractivity contribution in [1.82, 2.24) is 4.98 Å². The second-order valence-corrected chi connectivity index (χ2v) is 9.35. The molecule has 0 fully saturated rings. The molecule has 0 atom stereocenters. The Kier molecular flexibility index (Phi) is 4.92. The van der Waals surface area contributed by atoms with Gasteiger partial charge in [0.15, 0.2) is 0 Å². The van der Waals surface area contributed by atoms with E-state index >= 15 is 0 Å². The average molecular weight is 357 g/mol. The van der Waals surface area contributed by atoms with E-state index in [0.717, 1.165) is 21.8 Å². The first kappa shape index (κ1) is 17.0. The highest BCUT2D eigenvalue weighted by atomic mass is 32.2. The molecule has 0 saturated carbocycles. The molecule has 3 rings (SSSR count). The van der Waals surface area contributed by atoms with Crippen molar-refractivity contribution < 1.29 is 4.79 Å². The lowest BCUT2D eigenvalue weighted by Crippen LogP contribution is -2.18. The van der Waals surface area contributed by atoms with Crippen molar-refractivity contribution in [2.75, 3.05) is 11.1 Å². The molecular formula is C19H20N2OS2. The van der Waals surface area contributed by atoms with E-state index in [1.807, 2.05) is 42.5 Å². The second-order valence-electron chi connectivity index (χ2n) is 6.51. The van der Waals surface area contributed by atoms with Gasteiger partial charge >= 0.3 is 0 Å². The predicted molar refractivity (Wildman–Crippen MR) is 106 cm³/mol. The summed E-state index contributed by atoms with van der Waals surface area (Å²) >= 11 is 3.32. The summed E-state index contributed by atoms with van der Waals surface area (Å²) < 4.78 is 1.28. The highest BCUT2D eigenvalue weighted by molar-refractivity contribution is 8.01. The normalized spacial score (nSPS) is 11.6. The van der Waals surface area contributed by atoms with E-state index in [9.17, 15) is 4.79 Å². The third kappa shape index (κ3) is 4.36. The van der Waals surface area contributed by atoms with E-state index in [1.54, 1.807) is 23.1 Å². The fourth-order valence-electron chi connectivity index (χ4n) is 2.17. The number of nitrogens with zero attached hydrogens (tertiary/aromatic N) is 1. The zero-order valence-corrected chi connectivity index (χ0v) is 15.6. The number of anilines is 1. The Bertz CT molecular complexity index is 815. The molecule has 0 bridgehead atoms. The van der Waals surface area contributed by atoms with Crippen LogP contribution in [0, 0.1) is 0 Å². The molecule has 2 aromatic carbocycles. The number of hydrogen-bond acceptors (Lipinski definition) is 4. The molecule has 0 spiro atoms. The number of aromatic nitrogens is 1. The van der Waals surface area contributed by atoms with Crippen LogP contribution in [0.1, 0.15) is 20.8 Å². The van der Waals surface area contributed by atoms with E-state index in [2.05, 4.69) is 37.1 Å². The van der Waals surface area contributed by atoms with Crippen molar-refractivity contribution in [2.24, 2.45) is 0 Å². The number of benzene rings is 2. The molecule has 0 aliphatic heterocycles. The lowest BCUT2D eigenvalue weighted by molar-refractivity contribution is -0.113. The Balaban J connectivity index is 1.68. The summed E-state index contributed by atoms with van der Waals surface area (Å²) in [5.74, 6) is 0.492. The number of amides is 1. The van der Waals surface area contributed by atoms with Crippen molar-refractivity contribution in [1.29, 1.82) is 0 Å². The van der Waals surface area contributed by atoms with Gasteiger partial charge in [-0.2, -0.15) is 0 Å². The van der Waals surface area contributed by atoms with Crippen molar-refractivity contribution in [3.8, 4) is 10.6 Å². The fourth-order valence-corrected chi connectivity index (χ4v) is 3.78. The SMILES string of the molecule is CC(C)(C)SCC(=O)Nc1ccc(-c2nc3ccccc3s2)cc1. The van der Waals surface area contributed by atoms with Crippen LogP contribution in [-0.2, 0) is 4.79 Å². The van der Waals surface area contributed by atoms with E-state index in [1.165, 1.54) is 4.70 Å². The summed E-state index contributed by atoms with van der Waals surface area (Å²) in [6, 6.07) is 16.0. The maximum absolute atomic E-state index is 12.0. The Labute approximate surface area is 150 Å². The minimum Gasteiger partial charge on any atom is -0.325 e. The monoisotopic (exact) mass is 356 g/mol. The molecule has 3 aromatic rings. The summed E-state index contributed by atoms with van der Waals surface area (Å²) in [4.78, 5) is 16.6. The summed E-state index contributed by atoms with van der Waals surface area (Å²) in [5, 5.41) is 3.94. The Hall–Kier alpha value is -1.85. The third-order valence-electron chi connectivity index (χ3n) is 3.35. The number of nitrogens with one attached hydrogen (secondary N) is 1. The Morgan fingerprint density at radius 1 is 1.12 bits per heavy atom. The van der Waals surface area contributed by atoms with Gasteiger partial charge in [-0.25, -0.2) is 4.98 Å². The van der Waals surface area contributed by atoms with Gasteiger partial charge in [-0.15, -0.1) is 23.1 Å². The fraction of sp³-hybridized carbons (Fsp3) is 0.263. The average Bonchev–Trinajstić information content (AvgIpc) is 2.97. The van der Waals surface area contributed by atoms with E-state index < -0.39 is 0 Å². The molecule has 0 unspecified atom stereocenters. The van der Waals surface area contributed by atoms with Gasteiger partial charge in [-0.1, -0.05) is 32.9 Å². The minimum atomic E-state index is 0.0302. The minimum absolute atomic E-state index is 0.0302. The molecule has 1 amide bonds. The molecule has 1 aromatic heterocycles. The van der Waals surface area contributed by atoms with Gasteiger partial charge in [-0.05, 0) is 36.4 Å². The molecule has 0 saturated heterocycles. The quantitative estimate of drug-likeness (QED) is 0.677. The van der Waals surface area contributed by atoms with Gasteiger partial charge in [-0.3, -0.25) is 4.79 Å². The zero-order chi connectivity index (χ0) is 17.2. The molecule has 24 heavy (non-hydrogen) atoms. The maximum atomic E-state index is 12.0. The van der Waals surface area contributed by atoms with Crippen LogP contribution in [0.15, 0.2) is 48.5 Å². The molecule has 3 nitrogen and oxygen atoms in total. The van der Waals surface area contributed by atoms with Crippen molar-refractivity contribution in [3.63, 3.8) is 0 Å². The molecule has 5 heteroatoms. The van der Waals surface area contributed by atoms with Crippen molar-refractivity contribution in [3.05, 3.63) is 48.5 Å². The van der Waals surface area contributed by atoms with Crippen molar-refractivity contribution >= 4 is 44.9 Å². The number of fused-ring (bicyclic) bond motifs is 1. The number of para-hydroxylation sites is 1. The van der Waals surface area contributed by atoms with Crippen LogP contribution >= 0.6 is 23.1 Å². The lowest BCUT2D eigenvalue weighted by Gasteiger charge is -2.17. The van der Waals surface area contributed by atoms with Gasteiger partial charge in [0.25, 0.3) is 0 Å². The Morgan fingerprint density at radius 2 is 1.83 bits per heavy atom. The maximum Gasteiger partial charge on any atom is 0.234 e. The lowest BCUT2D eigenvalue weighted by atomic mass is 10.2. The molecule has 0 aliphatic carbocycles. The largest absolute Gasteiger partial charge is 0.325 e. The van der Waals surface area contributed by atoms with Crippen LogP contribution in [0.2, 0.25) is 0 Å². The zero-order valence-electron chi connectivity index (χ0n) is 14.0. The van der Waals surface area contributed by atoms with E-state index in [4.69, 9.17) is 0 Å². The summed E-state index contributed by atoms with van der Waals surface area (Å²) in [5.41, 5.74) is 2.91. The molecular weight excluding hydrogens is 336 g/mol. The van der Waals surface area contributed by atoms with Crippen LogP contribution in [0.25, 0.3) is 20.8 Å². The summed E-state index contributed by atoms with van der Waals surface area (Å²) in [6.45, 7) is 6.33. The topological polar surface area (TPSA) is 42.0 Å². The van der Waals surface area contributed by atoms with Crippen LogP contribution < -0.4 is 5.32 Å². The predicted octanol–water partition coefficient (Wildman–Crippen LogP) is 5.43. The van der Waals surface area contributed by atoms with Gasteiger partial charge in [0.2, 0.25) is 5.91 Å². The smallest absolute Gasteiger partial charge is 0.234 e. The first-order valence-corrected chi connectivity index (χ1v) is 9.61.